The summed E-state index contributed by atoms with van der Waals surface area (Å²) in [5.41, 5.74) is 1.60. The summed E-state index contributed by atoms with van der Waals surface area (Å²) in [7, 11) is 0. The van der Waals surface area contributed by atoms with Gasteiger partial charge in [0.05, 0.1) is 25.8 Å². The fraction of sp³-hybridized carbons (Fsp3) is 0.300. The third kappa shape index (κ3) is 5.07. The molecule has 2 heterocycles. The number of rotatable bonds is 6. The first-order valence-corrected chi connectivity index (χ1v) is 9.95. The number of ether oxygens (including phenoxy) is 2. The Morgan fingerprint density at radius 2 is 1.93 bits per heavy atom. The van der Waals surface area contributed by atoms with Crippen molar-refractivity contribution < 1.29 is 9.47 Å². The van der Waals surface area contributed by atoms with Gasteiger partial charge in [0, 0.05) is 16.6 Å². The van der Waals surface area contributed by atoms with Crippen LogP contribution >= 0.6 is 23.2 Å². The quantitative estimate of drug-likeness (QED) is 0.619. The summed E-state index contributed by atoms with van der Waals surface area (Å²) in [4.78, 5) is 16.3. The summed E-state index contributed by atoms with van der Waals surface area (Å²) < 4.78 is 12.1. The normalized spacial score (nSPS) is 20.1. The van der Waals surface area contributed by atoms with Gasteiger partial charge in [-0.05, 0) is 29.3 Å². The second kappa shape index (κ2) is 9.11. The predicted molar refractivity (Wildman–Crippen MR) is 110 cm³/mol. The fourth-order valence-electron chi connectivity index (χ4n) is 3.47. The second-order valence-electron chi connectivity index (χ2n) is 6.78. The second-order valence-corrected chi connectivity index (χ2v) is 7.65. The zero-order valence-corrected chi connectivity index (χ0v) is 17.0. The SMILES string of the molecule is O=c1[nH]nc(CN2CCOC(OCc3cc(Cl)cc(Cl)c3)C2c2ccccc2)[nH]1. The maximum Gasteiger partial charge on any atom is 0.340 e. The van der Waals surface area contributed by atoms with Crippen molar-refractivity contribution in [3.63, 3.8) is 0 Å². The number of aromatic nitrogens is 3. The van der Waals surface area contributed by atoms with E-state index in [0.29, 0.717) is 42.2 Å². The van der Waals surface area contributed by atoms with Gasteiger partial charge < -0.3 is 9.47 Å². The lowest BCUT2D eigenvalue weighted by atomic mass is 10.0. The number of H-pyrrole nitrogens is 2. The van der Waals surface area contributed by atoms with Crippen LogP contribution in [0.25, 0.3) is 0 Å². The van der Waals surface area contributed by atoms with Gasteiger partial charge in [0.1, 0.15) is 5.82 Å². The topological polar surface area (TPSA) is 83.2 Å². The van der Waals surface area contributed by atoms with E-state index >= 15 is 0 Å². The zero-order valence-electron chi connectivity index (χ0n) is 15.5. The van der Waals surface area contributed by atoms with Crippen molar-refractivity contribution in [1.29, 1.82) is 0 Å². The molecule has 29 heavy (non-hydrogen) atoms. The zero-order chi connectivity index (χ0) is 20.2. The number of hydrogen-bond donors (Lipinski definition) is 2. The minimum absolute atomic E-state index is 0.167. The summed E-state index contributed by atoms with van der Waals surface area (Å²) in [6.07, 6.45) is -0.505. The lowest BCUT2D eigenvalue weighted by Crippen LogP contribution is -2.46. The molecule has 1 aliphatic rings. The Hall–Kier alpha value is -2.16. The molecule has 0 radical (unpaired) electrons. The molecule has 1 saturated heterocycles. The Morgan fingerprint density at radius 1 is 1.17 bits per heavy atom. The fourth-order valence-corrected chi connectivity index (χ4v) is 4.04. The van der Waals surface area contributed by atoms with Crippen LogP contribution in [0.2, 0.25) is 10.0 Å². The molecule has 7 nitrogen and oxygen atoms in total. The molecule has 2 N–H and O–H groups in total. The van der Waals surface area contributed by atoms with Crippen LogP contribution in [0, 0.1) is 0 Å². The molecule has 2 atom stereocenters. The van der Waals surface area contributed by atoms with Gasteiger partial charge in [0.2, 0.25) is 0 Å². The minimum atomic E-state index is -0.505. The van der Waals surface area contributed by atoms with Crippen LogP contribution in [0.1, 0.15) is 23.0 Å². The van der Waals surface area contributed by atoms with Gasteiger partial charge in [-0.3, -0.25) is 9.88 Å². The van der Waals surface area contributed by atoms with Gasteiger partial charge >= 0.3 is 5.69 Å². The highest BCUT2D eigenvalue weighted by Crippen LogP contribution is 2.32. The van der Waals surface area contributed by atoms with Crippen LogP contribution in [0.4, 0.5) is 0 Å². The first-order chi connectivity index (χ1) is 14.1. The molecule has 2 unspecified atom stereocenters. The first kappa shape index (κ1) is 20.1. The lowest BCUT2D eigenvalue weighted by Gasteiger charge is -2.40. The van der Waals surface area contributed by atoms with E-state index in [1.807, 2.05) is 42.5 Å². The molecule has 152 valence electrons. The van der Waals surface area contributed by atoms with Crippen LogP contribution in [0.5, 0.6) is 0 Å². The number of nitrogens with zero attached hydrogens (tertiary/aromatic N) is 2. The van der Waals surface area contributed by atoms with Crippen molar-refractivity contribution in [3.8, 4) is 0 Å². The molecular formula is C20H20Cl2N4O3. The molecule has 0 saturated carbocycles. The molecule has 0 spiro atoms. The summed E-state index contributed by atoms with van der Waals surface area (Å²) >= 11 is 12.2. The number of aromatic amines is 2. The Kier molecular flexibility index (Phi) is 6.32. The molecule has 0 bridgehead atoms. The van der Waals surface area contributed by atoms with Crippen molar-refractivity contribution in [2.24, 2.45) is 0 Å². The average molecular weight is 435 g/mol. The maximum absolute atomic E-state index is 11.4. The Balaban J connectivity index is 1.56. The van der Waals surface area contributed by atoms with E-state index in [9.17, 15) is 4.79 Å². The number of hydrogen-bond acceptors (Lipinski definition) is 5. The van der Waals surface area contributed by atoms with E-state index in [-0.39, 0.29) is 11.7 Å². The Labute approximate surface area is 177 Å². The van der Waals surface area contributed by atoms with E-state index in [1.54, 1.807) is 6.07 Å². The van der Waals surface area contributed by atoms with Crippen molar-refractivity contribution in [3.05, 3.63) is 86.0 Å². The highest BCUT2D eigenvalue weighted by Gasteiger charge is 2.35. The van der Waals surface area contributed by atoms with E-state index in [0.717, 1.165) is 11.1 Å². The van der Waals surface area contributed by atoms with E-state index < -0.39 is 6.29 Å². The Morgan fingerprint density at radius 3 is 2.62 bits per heavy atom. The summed E-state index contributed by atoms with van der Waals surface area (Å²) in [6, 6.07) is 15.1. The maximum atomic E-state index is 11.4. The molecule has 2 aromatic carbocycles. The molecule has 1 aromatic heterocycles. The van der Waals surface area contributed by atoms with Gasteiger partial charge in [0.15, 0.2) is 6.29 Å². The minimum Gasteiger partial charge on any atom is -0.349 e. The highest BCUT2D eigenvalue weighted by atomic mass is 35.5. The molecular weight excluding hydrogens is 415 g/mol. The van der Waals surface area contributed by atoms with E-state index in [4.69, 9.17) is 32.7 Å². The number of halogens is 2. The number of morpholine rings is 1. The largest absolute Gasteiger partial charge is 0.349 e. The summed E-state index contributed by atoms with van der Waals surface area (Å²) in [6.45, 7) is 1.95. The number of nitrogens with one attached hydrogen (secondary N) is 2. The third-order valence-corrected chi connectivity index (χ3v) is 5.13. The van der Waals surface area contributed by atoms with Gasteiger partial charge in [-0.1, -0.05) is 53.5 Å². The van der Waals surface area contributed by atoms with Gasteiger partial charge in [-0.2, -0.15) is 5.10 Å². The predicted octanol–water partition coefficient (Wildman–Crippen LogP) is 3.52. The van der Waals surface area contributed by atoms with Crippen molar-refractivity contribution >= 4 is 23.2 Å². The van der Waals surface area contributed by atoms with Gasteiger partial charge in [-0.15, -0.1) is 0 Å². The number of benzene rings is 2. The van der Waals surface area contributed by atoms with E-state index in [1.165, 1.54) is 0 Å². The molecule has 4 rings (SSSR count). The Bertz CT molecular complexity index is 988. The van der Waals surface area contributed by atoms with Crippen molar-refractivity contribution in [2.45, 2.75) is 25.5 Å². The average Bonchev–Trinajstić information content (AvgIpc) is 3.11. The first-order valence-electron chi connectivity index (χ1n) is 9.19. The van der Waals surface area contributed by atoms with E-state index in [2.05, 4.69) is 20.1 Å². The smallest absolute Gasteiger partial charge is 0.340 e. The summed E-state index contributed by atoms with van der Waals surface area (Å²) in [5, 5.41) is 7.56. The van der Waals surface area contributed by atoms with Crippen molar-refractivity contribution in [1.82, 2.24) is 20.1 Å². The summed E-state index contributed by atoms with van der Waals surface area (Å²) in [5.74, 6) is 0.568. The molecule has 0 amide bonds. The standard InChI is InChI=1S/C20H20Cl2N4O3/c21-15-8-13(9-16(22)10-15)12-29-19-18(14-4-2-1-3-5-14)26(6-7-28-19)11-17-23-20(27)25-24-17/h1-5,8-10,18-19H,6-7,11-12H2,(H2,23,24,25,27). The van der Waals surface area contributed by atoms with Crippen LogP contribution in [-0.2, 0) is 22.6 Å². The lowest BCUT2D eigenvalue weighted by molar-refractivity contribution is -0.218. The highest BCUT2D eigenvalue weighted by molar-refractivity contribution is 6.34. The molecule has 9 heteroatoms. The molecule has 1 fully saturated rings. The third-order valence-electron chi connectivity index (χ3n) is 4.69. The van der Waals surface area contributed by atoms with Crippen LogP contribution in [0.3, 0.4) is 0 Å². The van der Waals surface area contributed by atoms with Crippen LogP contribution in [-0.4, -0.2) is 39.5 Å². The monoisotopic (exact) mass is 434 g/mol. The molecule has 3 aromatic rings. The van der Waals surface area contributed by atoms with Gasteiger partial charge in [-0.25, -0.2) is 9.89 Å². The van der Waals surface area contributed by atoms with Crippen molar-refractivity contribution in [2.75, 3.05) is 13.2 Å². The molecule has 0 aliphatic carbocycles. The van der Waals surface area contributed by atoms with Gasteiger partial charge in [0.25, 0.3) is 0 Å². The van der Waals surface area contributed by atoms with Crippen LogP contribution < -0.4 is 5.69 Å². The molecule has 1 aliphatic heterocycles. The van der Waals surface area contributed by atoms with Crippen LogP contribution in [0.15, 0.2) is 53.3 Å².